The molecule has 1 amide bonds. The van der Waals surface area contributed by atoms with Gasteiger partial charge < -0.3 is 9.80 Å². The largest absolute Gasteiger partial charge is 0.356 e. The molecule has 0 radical (unpaired) electrons. The van der Waals surface area contributed by atoms with Gasteiger partial charge in [0.05, 0.1) is 5.92 Å². The van der Waals surface area contributed by atoms with E-state index in [4.69, 9.17) is 0 Å². The highest BCUT2D eigenvalue weighted by molar-refractivity contribution is 7.99. The second kappa shape index (κ2) is 5.99. The van der Waals surface area contributed by atoms with Crippen LogP contribution < -0.4 is 4.90 Å². The van der Waals surface area contributed by atoms with Crippen molar-refractivity contribution in [2.24, 2.45) is 5.92 Å². The van der Waals surface area contributed by atoms with E-state index in [1.807, 2.05) is 29.7 Å². The zero-order valence-corrected chi connectivity index (χ0v) is 12.6. The molecule has 1 unspecified atom stereocenters. The Morgan fingerprint density at radius 1 is 1.35 bits per heavy atom. The Labute approximate surface area is 123 Å². The van der Waals surface area contributed by atoms with Gasteiger partial charge in [-0.1, -0.05) is 0 Å². The summed E-state index contributed by atoms with van der Waals surface area (Å²) in [6.07, 6.45) is 2.72. The number of amides is 1. The summed E-state index contributed by atoms with van der Waals surface area (Å²) in [7, 11) is 0. The molecule has 1 aromatic heterocycles. The molecule has 0 bridgehead atoms. The Balaban J connectivity index is 1.63. The van der Waals surface area contributed by atoms with Gasteiger partial charge in [0.1, 0.15) is 11.6 Å². The maximum absolute atomic E-state index is 12.5. The minimum absolute atomic E-state index is 0.133. The first-order valence-electron chi connectivity index (χ1n) is 7.15. The molecule has 5 nitrogen and oxygen atoms in total. The Kier molecular flexibility index (Phi) is 4.10. The summed E-state index contributed by atoms with van der Waals surface area (Å²) in [6, 6.07) is 1.93. The molecule has 0 aromatic carbocycles. The van der Waals surface area contributed by atoms with E-state index in [2.05, 4.69) is 14.9 Å². The topological polar surface area (TPSA) is 49.3 Å². The van der Waals surface area contributed by atoms with Crippen LogP contribution in [0.4, 0.5) is 5.82 Å². The smallest absolute Gasteiger partial charge is 0.227 e. The maximum Gasteiger partial charge on any atom is 0.227 e. The molecule has 2 aliphatic rings. The minimum Gasteiger partial charge on any atom is -0.356 e. The first-order valence-corrected chi connectivity index (χ1v) is 8.30. The number of rotatable bonds is 2. The Morgan fingerprint density at radius 3 is 2.90 bits per heavy atom. The standard InChI is InChI=1S/C14H20N4OS/c1-11-15-4-2-13(16-11)18-5-3-12(10-18)14(19)17-6-8-20-9-7-17/h2,4,12H,3,5-10H2,1H3. The molecule has 108 valence electrons. The third-order valence-corrected chi connectivity index (χ3v) is 4.89. The van der Waals surface area contributed by atoms with Gasteiger partial charge in [-0.05, 0) is 19.4 Å². The first-order chi connectivity index (χ1) is 9.74. The highest BCUT2D eigenvalue weighted by Crippen LogP contribution is 2.24. The van der Waals surface area contributed by atoms with Gasteiger partial charge >= 0.3 is 0 Å². The van der Waals surface area contributed by atoms with Gasteiger partial charge in [-0.2, -0.15) is 11.8 Å². The lowest BCUT2D eigenvalue weighted by Gasteiger charge is -2.29. The molecule has 1 atom stereocenters. The second-order valence-electron chi connectivity index (χ2n) is 5.33. The fourth-order valence-corrected chi connectivity index (χ4v) is 3.73. The van der Waals surface area contributed by atoms with Crippen LogP contribution in [0.15, 0.2) is 12.3 Å². The Bertz CT molecular complexity index is 490. The van der Waals surface area contributed by atoms with Crippen molar-refractivity contribution in [3.63, 3.8) is 0 Å². The van der Waals surface area contributed by atoms with Crippen molar-refractivity contribution in [2.45, 2.75) is 13.3 Å². The SMILES string of the molecule is Cc1nccc(N2CCC(C(=O)N3CCSCC3)C2)n1. The summed E-state index contributed by atoms with van der Waals surface area (Å²) < 4.78 is 0. The molecule has 0 spiro atoms. The summed E-state index contributed by atoms with van der Waals surface area (Å²) in [6.45, 7) is 5.42. The van der Waals surface area contributed by atoms with Crippen LogP contribution in [0.5, 0.6) is 0 Å². The van der Waals surface area contributed by atoms with Crippen LogP contribution in [-0.4, -0.2) is 58.5 Å². The summed E-state index contributed by atoms with van der Waals surface area (Å²) >= 11 is 1.94. The van der Waals surface area contributed by atoms with Gasteiger partial charge in [0, 0.05) is 43.9 Å². The summed E-state index contributed by atoms with van der Waals surface area (Å²) in [5, 5.41) is 0. The quantitative estimate of drug-likeness (QED) is 0.819. The molecule has 20 heavy (non-hydrogen) atoms. The van der Waals surface area contributed by atoms with Crippen LogP contribution >= 0.6 is 11.8 Å². The van der Waals surface area contributed by atoms with Crippen LogP contribution in [0.3, 0.4) is 0 Å². The highest BCUT2D eigenvalue weighted by Gasteiger charge is 2.32. The predicted molar refractivity (Wildman–Crippen MR) is 81.0 cm³/mol. The number of carbonyl (C=O) groups excluding carboxylic acids is 1. The number of carbonyl (C=O) groups is 1. The van der Waals surface area contributed by atoms with E-state index in [9.17, 15) is 4.79 Å². The van der Waals surface area contributed by atoms with E-state index < -0.39 is 0 Å². The highest BCUT2D eigenvalue weighted by atomic mass is 32.2. The van der Waals surface area contributed by atoms with Crippen LogP contribution in [0.2, 0.25) is 0 Å². The van der Waals surface area contributed by atoms with Gasteiger partial charge in [0.15, 0.2) is 0 Å². The van der Waals surface area contributed by atoms with Gasteiger partial charge in [0.2, 0.25) is 5.91 Å². The average molecular weight is 292 g/mol. The number of nitrogens with zero attached hydrogens (tertiary/aromatic N) is 4. The number of hydrogen-bond donors (Lipinski definition) is 0. The molecule has 0 saturated carbocycles. The summed E-state index contributed by atoms with van der Waals surface area (Å²) in [5.74, 6) is 4.35. The van der Waals surface area contributed by atoms with E-state index in [0.29, 0.717) is 5.91 Å². The van der Waals surface area contributed by atoms with Crippen molar-refractivity contribution in [3.8, 4) is 0 Å². The van der Waals surface area contributed by atoms with Crippen LogP contribution in [-0.2, 0) is 4.79 Å². The van der Waals surface area contributed by atoms with E-state index in [-0.39, 0.29) is 5.92 Å². The lowest BCUT2D eigenvalue weighted by atomic mass is 10.1. The number of thioether (sulfide) groups is 1. The molecule has 2 fully saturated rings. The number of anilines is 1. The first kappa shape index (κ1) is 13.7. The Morgan fingerprint density at radius 2 is 2.15 bits per heavy atom. The number of aromatic nitrogens is 2. The van der Waals surface area contributed by atoms with Gasteiger partial charge in [0.25, 0.3) is 0 Å². The van der Waals surface area contributed by atoms with Crippen molar-refractivity contribution in [1.82, 2.24) is 14.9 Å². The van der Waals surface area contributed by atoms with E-state index >= 15 is 0 Å². The molecule has 2 saturated heterocycles. The van der Waals surface area contributed by atoms with Crippen molar-refractivity contribution in [1.29, 1.82) is 0 Å². The average Bonchev–Trinajstić information content (AvgIpc) is 2.97. The van der Waals surface area contributed by atoms with E-state index in [0.717, 1.165) is 55.7 Å². The molecule has 0 aliphatic carbocycles. The van der Waals surface area contributed by atoms with Gasteiger partial charge in [-0.15, -0.1) is 0 Å². The van der Waals surface area contributed by atoms with Gasteiger partial charge in [-0.3, -0.25) is 4.79 Å². The Hall–Kier alpha value is -1.30. The zero-order valence-electron chi connectivity index (χ0n) is 11.8. The van der Waals surface area contributed by atoms with Crippen LogP contribution in [0, 0.1) is 12.8 Å². The summed E-state index contributed by atoms with van der Waals surface area (Å²) in [4.78, 5) is 25.3. The second-order valence-corrected chi connectivity index (χ2v) is 6.56. The van der Waals surface area contributed by atoms with Crippen LogP contribution in [0.25, 0.3) is 0 Å². The van der Waals surface area contributed by atoms with E-state index in [1.54, 1.807) is 6.20 Å². The maximum atomic E-state index is 12.5. The third-order valence-electron chi connectivity index (χ3n) is 3.95. The molecule has 6 heteroatoms. The van der Waals surface area contributed by atoms with Crippen molar-refractivity contribution in [3.05, 3.63) is 18.1 Å². The van der Waals surface area contributed by atoms with Crippen molar-refractivity contribution < 1.29 is 4.79 Å². The molecular weight excluding hydrogens is 272 g/mol. The molecule has 2 aliphatic heterocycles. The zero-order chi connectivity index (χ0) is 13.9. The fraction of sp³-hybridized carbons (Fsp3) is 0.643. The normalized spacial score (nSPS) is 23.1. The van der Waals surface area contributed by atoms with E-state index in [1.165, 1.54) is 0 Å². The molecule has 3 rings (SSSR count). The summed E-state index contributed by atoms with van der Waals surface area (Å²) in [5.41, 5.74) is 0. The minimum atomic E-state index is 0.133. The van der Waals surface area contributed by atoms with Gasteiger partial charge in [-0.25, -0.2) is 9.97 Å². The number of hydrogen-bond acceptors (Lipinski definition) is 5. The fourth-order valence-electron chi connectivity index (χ4n) is 2.83. The molecule has 0 N–H and O–H groups in total. The number of aryl methyl sites for hydroxylation is 1. The monoisotopic (exact) mass is 292 g/mol. The van der Waals surface area contributed by atoms with Crippen molar-refractivity contribution >= 4 is 23.5 Å². The lowest BCUT2D eigenvalue weighted by molar-refractivity contribution is -0.134. The lowest BCUT2D eigenvalue weighted by Crippen LogP contribution is -2.42. The molecular formula is C14H20N4OS. The van der Waals surface area contributed by atoms with Crippen molar-refractivity contribution in [2.75, 3.05) is 42.6 Å². The third kappa shape index (κ3) is 2.90. The molecule has 3 heterocycles. The predicted octanol–water partition coefficient (Wildman–Crippen LogP) is 1.19. The molecule has 1 aromatic rings. The van der Waals surface area contributed by atoms with Crippen LogP contribution in [0.1, 0.15) is 12.2 Å².